The molecule has 0 saturated heterocycles. The number of aryl methyl sites for hydroxylation is 1. The van der Waals surface area contributed by atoms with Gasteiger partial charge in [0.2, 0.25) is 23.6 Å². The van der Waals surface area contributed by atoms with Crippen molar-refractivity contribution in [3.8, 4) is 11.6 Å². The number of nitrogens with zero attached hydrogens (tertiary/aromatic N) is 3. The Morgan fingerprint density at radius 2 is 1.85 bits per heavy atom. The van der Waals surface area contributed by atoms with Gasteiger partial charge in [0.25, 0.3) is 5.91 Å². The molecule has 204 valence electrons. The van der Waals surface area contributed by atoms with Crippen molar-refractivity contribution in [3.05, 3.63) is 72.7 Å². The number of hydroxylamine groups is 1. The number of carbonyl (C=O) groups excluding carboxylic acids is 3. The zero-order valence-electron chi connectivity index (χ0n) is 21.6. The molecule has 2 heterocycles. The summed E-state index contributed by atoms with van der Waals surface area (Å²) in [7, 11) is 0. The number of ether oxygens (including phenoxy) is 1. The molecule has 12 nitrogen and oxygen atoms in total. The van der Waals surface area contributed by atoms with Gasteiger partial charge in [-0.25, -0.2) is 15.4 Å². The average molecular weight is 534 g/mol. The van der Waals surface area contributed by atoms with Crippen LogP contribution in [0.3, 0.4) is 0 Å². The third-order valence-corrected chi connectivity index (χ3v) is 5.42. The zero-order chi connectivity index (χ0) is 28.0. The van der Waals surface area contributed by atoms with Gasteiger partial charge in [0.15, 0.2) is 0 Å². The molecule has 2 aromatic heterocycles. The molecule has 3 rings (SSSR count). The molecule has 0 radical (unpaired) electrons. The van der Waals surface area contributed by atoms with Crippen LogP contribution in [0.25, 0.3) is 0 Å². The summed E-state index contributed by atoms with van der Waals surface area (Å²) in [5, 5.41) is 17.0. The first-order valence-electron chi connectivity index (χ1n) is 12.4. The lowest BCUT2D eigenvalue weighted by Crippen LogP contribution is -2.25. The second-order valence-corrected chi connectivity index (χ2v) is 8.52. The first-order chi connectivity index (χ1) is 18.9. The van der Waals surface area contributed by atoms with Gasteiger partial charge in [-0.05, 0) is 50.1 Å². The minimum atomic E-state index is -0.395. The molecule has 5 N–H and O–H groups in total. The van der Waals surface area contributed by atoms with Crippen LogP contribution in [0.4, 0.5) is 17.3 Å². The monoisotopic (exact) mass is 533 g/mol. The van der Waals surface area contributed by atoms with E-state index in [0.29, 0.717) is 41.5 Å². The highest BCUT2D eigenvalue weighted by Crippen LogP contribution is 2.26. The van der Waals surface area contributed by atoms with Gasteiger partial charge < -0.3 is 20.7 Å². The minimum absolute atomic E-state index is 0.275. The van der Waals surface area contributed by atoms with E-state index in [-0.39, 0.29) is 29.9 Å². The molecule has 0 spiro atoms. The second-order valence-electron chi connectivity index (χ2n) is 8.52. The molecule has 3 aromatic rings. The van der Waals surface area contributed by atoms with Crippen LogP contribution < -0.4 is 26.2 Å². The summed E-state index contributed by atoms with van der Waals surface area (Å²) in [6.45, 7) is 5.75. The normalized spacial score (nSPS) is 10.3. The predicted octanol–water partition coefficient (Wildman–Crippen LogP) is 4.03. The van der Waals surface area contributed by atoms with Crippen LogP contribution in [0.1, 0.15) is 48.2 Å². The molecule has 1 aromatic carbocycles. The van der Waals surface area contributed by atoms with Gasteiger partial charge >= 0.3 is 0 Å². The molecule has 39 heavy (non-hydrogen) atoms. The summed E-state index contributed by atoms with van der Waals surface area (Å²) in [6, 6.07) is 10.2. The molecule has 0 aliphatic rings. The highest BCUT2D eigenvalue weighted by molar-refractivity contribution is 5.99. The molecular weight excluding hydrogens is 502 g/mol. The smallest absolute Gasteiger partial charge is 0.269 e. The number of aromatic nitrogens is 3. The zero-order valence-corrected chi connectivity index (χ0v) is 21.6. The van der Waals surface area contributed by atoms with Gasteiger partial charge in [0.1, 0.15) is 11.4 Å². The van der Waals surface area contributed by atoms with Crippen LogP contribution in [0.5, 0.6) is 11.6 Å². The number of benzene rings is 1. The maximum atomic E-state index is 12.3. The number of rotatable bonds is 14. The van der Waals surface area contributed by atoms with E-state index in [1.54, 1.807) is 48.1 Å². The number of pyridine rings is 1. The number of anilines is 3. The van der Waals surface area contributed by atoms with Crippen LogP contribution in [-0.4, -0.2) is 44.4 Å². The lowest BCUT2D eigenvalue weighted by atomic mass is 10.1. The van der Waals surface area contributed by atoms with E-state index < -0.39 is 5.91 Å². The highest BCUT2D eigenvalue weighted by Gasteiger charge is 2.10. The SMILES string of the molecule is C=CC(=O)Nc1cccc(Oc2nc(Nc3ccc(C(=O)NCCCCCCC(=O)NO)nc3)ncc2C)c1. The number of hydrogen-bond acceptors (Lipinski definition) is 9. The van der Waals surface area contributed by atoms with E-state index in [1.807, 2.05) is 6.92 Å². The van der Waals surface area contributed by atoms with Gasteiger partial charge in [0, 0.05) is 36.5 Å². The van der Waals surface area contributed by atoms with Crippen LogP contribution in [0, 0.1) is 6.92 Å². The van der Waals surface area contributed by atoms with Crippen molar-refractivity contribution in [1.82, 2.24) is 25.7 Å². The Morgan fingerprint density at radius 3 is 2.59 bits per heavy atom. The van der Waals surface area contributed by atoms with Crippen molar-refractivity contribution in [3.63, 3.8) is 0 Å². The average Bonchev–Trinajstić information content (AvgIpc) is 2.94. The van der Waals surface area contributed by atoms with Crippen molar-refractivity contribution >= 4 is 35.0 Å². The summed E-state index contributed by atoms with van der Waals surface area (Å²) >= 11 is 0. The third kappa shape index (κ3) is 9.52. The largest absolute Gasteiger partial charge is 0.438 e. The van der Waals surface area contributed by atoms with Gasteiger partial charge in [-0.2, -0.15) is 4.98 Å². The Bertz CT molecular complexity index is 1300. The van der Waals surface area contributed by atoms with E-state index in [1.165, 1.54) is 12.3 Å². The van der Waals surface area contributed by atoms with E-state index in [4.69, 9.17) is 9.94 Å². The third-order valence-electron chi connectivity index (χ3n) is 5.42. The minimum Gasteiger partial charge on any atom is -0.438 e. The maximum Gasteiger partial charge on any atom is 0.269 e. The quantitative estimate of drug-likeness (QED) is 0.0889. The van der Waals surface area contributed by atoms with Gasteiger partial charge in [-0.15, -0.1) is 0 Å². The number of hydrogen-bond donors (Lipinski definition) is 5. The lowest BCUT2D eigenvalue weighted by molar-refractivity contribution is -0.129. The summed E-state index contributed by atoms with van der Waals surface area (Å²) < 4.78 is 5.91. The van der Waals surface area contributed by atoms with Gasteiger partial charge in [0.05, 0.1) is 11.9 Å². The molecule has 0 aliphatic heterocycles. The fourth-order valence-electron chi connectivity index (χ4n) is 3.38. The Labute approximate surface area is 225 Å². The molecule has 0 aliphatic carbocycles. The Balaban J connectivity index is 1.51. The number of amides is 3. The Morgan fingerprint density at radius 1 is 1.03 bits per heavy atom. The molecule has 0 bridgehead atoms. The topological polar surface area (TPSA) is 167 Å². The van der Waals surface area contributed by atoms with Crippen molar-refractivity contribution in [2.45, 2.75) is 39.0 Å². The van der Waals surface area contributed by atoms with Crippen LogP contribution in [-0.2, 0) is 9.59 Å². The van der Waals surface area contributed by atoms with Crippen LogP contribution in [0.2, 0.25) is 0 Å². The fourth-order valence-corrected chi connectivity index (χ4v) is 3.38. The predicted molar refractivity (Wildman–Crippen MR) is 145 cm³/mol. The van der Waals surface area contributed by atoms with Crippen molar-refractivity contribution < 1.29 is 24.3 Å². The first kappa shape index (κ1) is 28.7. The molecule has 3 amide bonds. The van der Waals surface area contributed by atoms with Gasteiger partial charge in [-0.3, -0.25) is 19.6 Å². The second kappa shape index (κ2) is 14.8. The van der Waals surface area contributed by atoms with Crippen LogP contribution in [0.15, 0.2) is 61.4 Å². The first-order valence-corrected chi connectivity index (χ1v) is 12.4. The Hall–Kier alpha value is -4.84. The van der Waals surface area contributed by atoms with E-state index in [0.717, 1.165) is 19.3 Å². The summed E-state index contributed by atoms with van der Waals surface area (Å²) in [4.78, 5) is 47.8. The molecule has 0 fully saturated rings. The van der Waals surface area contributed by atoms with Crippen molar-refractivity contribution in [2.75, 3.05) is 17.2 Å². The number of carbonyl (C=O) groups is 3. The highest BCUT2D eigenvalue weighted by atomic mass is 16.5. The number of unbranched alkanes of at least 4 members (excludes halogenated alkanes) is 3. The lowest BCUT2D eigenvalue weighted by Gasteiger charge is -2.11. The summed E-state index contributed by atoms with van der Waals surface area (Å²) in [6.07, 6.45) is 7.72. The van der Waals surface area contributed by atoms with E-state index >= 15 is 0 Å². The van der Waals surface area contributed by atoms with E-state index in [9.17, 15) is 14.4 Å². The maximum absolute atomic E-state index is 12.3. The van der Waals surface area contributed by atoms with Crippen molar-refractivity contribution in [1.29, 1.82) is 0 Å². The summed E-state index contributed by atoms with van der Waals surface area (Å²) in [5.74, 6) is 0.0921. The van der Waals surface area contributed by atoms with Gasteiger partial charge in [-0.1, -0.05) is 25.5 Å². The van der Waals surface area contributed by atoms with Crippen molar-refractivity contribution in [2.24, 2.45) is 0 Å². The van der Waals surface area contributed by atoms with E-state index in [2.05, 4.69) is 37.5 Å². The molecule has 0 saturated carbocycles. The summed E-state index contributed by atoms with van der Waals surface area (Å²) in [5.41, 5.74) is 3.73. The number of nitrogens with one attached hydrogen (secondary N) is 4. The molecule has 0 unspecified atom stereocenters. The standard InChI is InChI=1S/C27H31N7O5/c1-3-23(35)31-19-9-8-10-21(15-19)39-26-18(2)16-30-27(33-26)32-20-12-13-22(29-17-20)25(37)28-14-7-5-4-6-11-24(36)34-38/h3,8-10,12-13,15-17,38H,1,4-7,11,14H2,2H3,(H,28,37)(H,31,35)(H,34,36)(H,30,32,33). The van der Waals surface area contributed by atoms with Crippen LogP contribution >= 0.6 is 0 Å². The molecular formula is C27H31N7O5. The fraction of sp³-hybridized carbons (Fsp3) is 0.259. The molecule has 12 heteroatoms. The Kier molecular flexibility index (Phi) is 10.9. The molecule has 0 atom stereocenters.